The van der Waals surface area contributed by atoms with Crippen molar-refractivity contribution in [3.8, 4) is 50.3 Å². The van der Waals surface area contributed by atoms with Gasteiger partial charge in [0.05, 0.1) is 33.7 Å². The molecule has 7 heterocycles. The van der Waals surface area contributed by atoms with Gasteiger partial charge < -0.3 is 19.1 Å². The molecule has 2 N–H and O–H groups in total. The molecule has 5 aromatic carbocycles. The second kappa shape index (κ2) is 15.0. The number of nitrogens with one attached hydrogen (secondary N) is 2. The molecule has 0 fully saturated rings. The van der Waals surface area contributed by atoms with Crippen molar-refractivity contribution in [2.75, 3.05) is 0 Å². The number of para-hydroxylation sites is 1. The second-order valence-electron chi connectivity index (χ2n) is 16.0. The third kappa shape index (κ3) is 6.32. The van der Waals surface area contributed by atoms with Gasteiger partial charge in [0, 0.05) is 49.9 Å². The fourth-order valence-corrected chi connectivity index (χ4v) is 9.39. The summed E-state index contributed by atoms with van der Waals surface area (Å²) >= 11 is 0. The van der Waals surface area contributed by atoms with Crippen molar-refractivity contribution in [3.05, 3.63) is 209 Å². The Balaban J connectivity index is 1.23. The summed E-state index contributed by atoms with van der Waals surface area (Å²) in [5.41, 5.74) is 16.6. The normalized spacial score (nSPS) is 14.3. The van der Waals surface area contributed by atoms with Crippen LogP contribution in [0.4, 0.5) is 0 Å². The van der Waals surface area contributed by atoms with Gasteiger partial charge in [0.1, 0.15) is 17.4 Å². The molecule has 12 rings (SSSR count). The first-order chi connectivity index (χ1) is 31.1. The highest BCUT2D eigenvalue weighted by Crippen LogP contribution is 2.44. The van der Waals surface area contributed by atoms with Crippen LogP contribution in [0.1, 0.15) is 34.8 Å². The molecule has 7 heteroatoms. The maximum Gasteiger partial charge on any atom is 0.343 e. The maximum atomic E-state index is 13.4. The number of fused-ring (bicyclic) bond motifs is 11. The van der Waals surface area contributed by atoms with Crippen LogP contribution in [0.5, 0.6) is 5.75 Å². The summed E-state index contributed by atoms with van der Waals surface area (Å²) in [6.45, 7) is 0. The molecular weight excluding hydrogens is 777 g/mol. The summed E-state index contributed by atoms with van der Waals surface area (Å²) in [5, 5.41) is 0.777. The zero-order valence-corrected chi connectivity index (χ0v) is 34.0. The number of benzene rings is 5. The van der Waals surface area contributed by atoms with Gasteiger partial charge in [0.25, 0.3) is 0 Å². The number of rotatable bonds is 5. The van der Waals surface area contributed by atoms with Crippen molar-refractivity contribution in [3.63, 3.8) is 0 Å². The first-order valence-corrected chi connectivity index (χ1v) is 21.3. The Morgan fingerprint density at radius 2 is 0.952 bits per heavy atom. The van der Waals surface area contributed by atoms with Crippen LogP contribution in [-0.2, 0) is 6.42 Å². The average molecular weight is 815 g/mol. The van der Waals surface area contributed by atoms with Gasteiger partial charge in [0.15, 0.2) is 0 Å². The number of nitrogens with zero attached hydrogens (tertiary/aromatic N) is 2. The predicted molar refractivity (Wildman–Crippen MR) is 255 cm³/mol. The van der Waals surface area contributed by atoms with Gasteiger partial charge in [-0.25, -0.2) is 14.8 Å². The van der Waals surface area contributed by atoms with E-state index in [-0.39, 0.29) is 5.63 Å². The summed E-state index contributed by atoms with van der Waals surface area (Å²) in [5.74, 6) is 0.572. The lowest BCUT2D eigenvalue weighted by atomic mass is 9.92. The van der Waals surface area contributed by atoms with Gasteiger partial charge in [0.2, 0.25) is 0 Å². The van der Waals surface area contributed by atoms with Crippen LogP contribution in [0.2, 0.25) is 0 Å². The van der Waals surface area contributed by atoms with Gasteiger partial charge >= 0.3 is 5.63 Å². The monoisotopic (exact) mass is 814 g/mol. The van der Waals surface area contributed by atoms with E-state index in [0.29, 0.717) is 29.7 Å². The van der Waals surface area contributed by atoms with Gasteiger partial charge in [-0.1, -0.05) is 133 Å². The molecule has 4 aromatic heterocycles. The fourth-order valence-electron chi connectivity index (χ4n) is 9.39. The number of aromatic nitrogens is 4. The first-order valence-electron chi connectivity index (χ1n) is 21.3. The topological polar surface area (TPSA) is 96.8 Å². The number of hydrogen-bond acceptors (Lipinski definition) is 5. The first kappa shape index (κ1) is 36.6. The van der Waals surface area contributed by atoms with E-state index in [0.717, 1.165) is 100 Å². The van der Waals surface area contributed by atoms with E-state index in [1.807, 2.05) is 48.5 Å². The standard InChI is InChI=1S/C56H38N4O3/c61-56-39-25-32-49(62-55(39)38-23-13-14-24-48(38)63-56)40-33-47-52(36-19-9-3-10-20-36)45-29-28-43(58-45)50(34-15-5-1-6-16-34)41-26-27-42(57-41)51(35-17-7-2-8-18-35)44-30-31-46(59-44)53(54(40)60-47)37-21-11-4-12-22-37/h1-24,26-31,33,49,58-59H,25,32H2. The molecule has 300 valence electrons. The van der Waals surface area contributed by atoms with Crippen molar-refractivity contribution in [2.45, 2.75) is 18.9 Å². The zero-order chi connectivity index (χ0) is 41.9. The molecule has 1 atom stereocenters. The van der Waals surface area contributed by atoms with Crippen molar-refractivity contribution >= 4 is 56.8 Å². The van der Waals surface area contributed by atoms with Crippen molar-refractivity contribution < 1.29 is 9.15 Å². The zero-order valence-electron chi connectivity index (χ0n) is 34.0. The summed E-state index contributed by atoms with van der Waals surface area (Å²) < 4.78 is 12.8. The van der Waals surface area contributed by atoms with E-state index in [2.05, 4.69) is 150 Å². The van der Waals surface area contributed by atoms with Crippen LogP contribution in [-0.4, -0.2) is 26.0 Å². The number of ether oxygens (including phenoxy) is 1. The lowest BCUT2D eigenvalue weighted by Gasteiger charge is -2.27. The van der Waals surface area contributed by atoms with Crippen molar-refractivity contribution in [1.29, 1.82) is 0 Å². The van der Waals surface area contributed by atoms with Crippen LogP contribution < -0.4 is 10.4 Å². The minimum absolute atomic E-state index is 0.359. The van der Waals surface area contributed by atoms with E-state index >= 15 is 0 Å². The maximum absolute atomic E-state index is 13.4. The number of H-pyrrole nitrogens is 2. The molecule has 0 amide bonds. The average Bonchev–Trinajstić information content (AvgIpc) is 4.18. The van der Waals surface area contributed by atoms with Crippen molar-refractivity contribution in [1.82, 2.24) is 19.9 Å². The largest absolute Gasteiger partial charge is 0.484 e. The van der Waals surface area contributed by atoms with Crippen LogP contribution in [0, 0.1) is 0 Å². The number of hydrogen-bond donors (Lipinski definition) is 2. The van der Waals surface area contributed by atoms with Crippen LogP contribution in [0.15, 0.2) is 179 Å². The van der Waals surface area contributed by atoms with Gasteiger partial charge in [-0.05, 0) is 89.7 Å². The molecule has 63 heavy (non-hydrogen) atoms. The van der Waals surface area contributed by atoms with Gasteiger partial charge in [-0.3, -0.25) is 0 Å². The minimum Gasteiger partial charge on any atom is -0.484 e. The predicted octanol–water partition coefficient (Wildman–Crippen LogP) is 13.2. The van der Waals surface area contributed by atoms with Crippen LogP contribution in [0.25, 0.3) is 101 Å². The van der Waals surface area contributed by atoms with E-state index in [4.69, 9.17) is 19.1 Å². The molecule has 0 spiro atoms. The van der Waals surface area contributed by atoms with Crippen molar-refractivity contribution in [2.24, 2.45) is 0 Å². The molecular formula is C56H38N4O3. The molecule has 7 nitrogen and oxygen atoms in total. The Kier molecular flexibility index (Phi) is 8.71. The van der Waals surface area contributed by atoms with E-state index in [9.17, 15) is 4.79 Å². The summed E-state index contributed by atoms with van der Waals surface area (Å²) in [4.78, 5) is 32.2. The summed E-state index contributed by atoms with van der Waals surface area (Å²) in [7, 11) is 0. The lowest BCUT2D eigenvalue weighted by molar-refractivity contribution is 0.227. The summed E-state index contributed by atoms with van der Waals surface area (Å²) in [6.07, 6.45) is 7.07. The quantitative estimate of drug-likeness (QED) is 0.169. The van der Waals surface area contributed by atoms with Crippen LogP contribution in [0.3, 0.4) is 0 Å². The fraction of sp³-hybridized carbons (Fsp3) is 0.0536. The van der Waals surface area contributed by atoms with E-state index < -0.39 is 6.10 Å². The van der Waals surface area contributed by atoms with E-state index in [1.165, 1.54) is 0 Å². The Morgan fingerprint density at radius 3 is 1.49 bits per heavy atom. The Morgan fingerprint density at radius 1 is 0.492 bits per heavy atom. The smallest absolute Gasteiger partial charge is 0.343 e. The molecule has 0 radical (unpaired) electrons. The third-order valence-electron chi connectivity index (χ3n) is 12.3. The molecule has 0 saturated carbocycles. The second-order valence-corrected chi connectivity index (χ2v) is 16.0. The SMILES string of the molecule is O=c1oc2ccccc2c2c1CCC(C1=Cc3nc1c(-c1ccccc1)c1ccc([nH]1)c(-c1ccccc1)c1nc(c(-c4ccccc4)c4ccc([nH]4)c3-c3ccccc3)C=C1)O2. The highest BCUT2D eigenvalue weighted by molar-refractivity contribution is 6.03. The molecule has 3 aliphatic heterocycles. The summed E-state index contributed by atoms with van der Waals surface area (Å²) in [6, 6.07) is 57.9. The Hall–Kier alpha value is -8.29. The lowest BCUT2D eigenvalue weighted by Crippen LogP contribution is -2.27. The Labute approximate surface area is 362 Å². The van der Waals surface area contributed by atoms with Gasteiger partial charge in [-0.15, -0.1) is 0 Å². The molecule has 0 aliphatic carbocycles. The molecule has 3 aliphatic rings. The highest BCUT2D eigenvalue weighted by atomic mass is 16.5. The van der Waals surface area contributed by atoms with Crippen LogP contribution >= 0.6 is 0 Å². The number of aromatic amines is 2. The molecule has 8 bridgehead atoms. The molecule has 9 aromatic rings. The Bertz CT molecular complexity index is 3550. The van der Waals surface area contributed by atoms with E-state index in [1.54, 1.807) is 0 Å². The molecule has 1 unspecified atom stereocenters. The third-order valence-corrected chi connectivity index (χ3v) is 12.3. The highest BCUT2D eigenvalue weighted by Gasteiger charge is 2.33. The minimum atomic E-state index is -0.429. The molecule has 0 saturated heterocycles. The van der Waals surface area contributed by atoms with Gasteiger partial charge in [-0.2, -0.15) is 0 Å².